The maximum Gasteiger partial charge on any atom is 0.265 e. The molecule has 0 N–H and O–H groups in total. The Hall–Kier alpha value is -1.71. The number of para-hydroxylation sites is 2. The number of ether oxygens (including phenoxy) is 1. The van der Waals surface area contributed by atoms with Crippen LogP contribution < -0.4 is 9.64 Å². The predicted molar refractivity (Wildman–Crippen MR) is 89.1 cm³/mol. The summed E-state index contributed by atoms with van der Waals surface area (Å²) in [6.45, 7) is 1.93. The molecular weight excluding hydrogens is 321 g/mol. The molecule has 0 radical (unpaired) electrons. The van der Waals surface area contributed by atoms with Crippen LogP contribution >= 0.6 is 23.2 Å². The zero-order chi connectivity index (χ0) is 15.7. The van der Waals surface area contributed by atoms with Crippen LogP contribution in [0.1, 0.15) is 12.5 Å². The van der Waals surface area contributed by atoms with Crippen LogP contribution in [-0.2, 0) is 11.2 Å². The third-order valence-electron chi connectivity index (χ3n) is 3.73. The first-order chi connectivity index (χ1) is 10.6. The summed E-state index contributed by atoms with van der Waals surface area (Å²) in [5.41, 5.74) is 2.13. The first-order valence-corrected chi connectivity index (χ1v) is 7.80. The lowest BCUT2D eigenvalue weighted by Gasteiger charge is -2.23. The van der Waals surface area contributed by atoms with Gasteiger partial charge in [-0.05, 0) is 37.1 Å². The number of halogens is 2. The number of hydrogen-bond donors (Lipinski definition) is 0. The quantitative estimate of drug-likeness (QED) is 0.834. The molecule has 1 amide bonds. The summed E-state index contributed by atoms with van der Waals surface area (Å²) in [4.78, 5) is 14.3. The highest BCUT2D eigenvalue weighted by Gasteiger charge is 2.30. The van der Waals surface area contributed by atoms with E-state index in [1.807, 2.05) is 31.2 Å². The third kappa shape index (κ3) is 2.79. The van der Waals surface area contributed by atoms with Crippen molar-refractivity contribution < 1.29 is 9.53 Å². The lowest BCUT2D eigenvalue weighted by molar-refractivity contribution is -0.120. The van der Waals surface area contributed by atoms with Crippen molar-refractivity contribution in [2.24, 2.45) is 0 Å². The van der Waals surface area contributed by atoms with Crippen LogP contribution in [0.4, 0.5) is 5.69 Å². The molecule has 1 unspecified atom stereocenters. The molecule has 5 heteroatoms. The largest absolute Gasteiger partial charge is 0.481 e. The minimum Gasteiger partial charge on any atom is -0.481 e. The summed E-state index contributed by atoms with van der Waals surface area (Å²) in [5.74, 6) is 0.243. The number of nitrogens with zero attached hydrogens (tertiary/aromatic N) is 1. The minimum absolute atomic E-state index is 0.0951. The van der Waals surface area contributed by atoms with Crippen LogP contribution in [0.15, 0.2) is 42.5 Å². The van der Waals surface area contributed by atoms with Crippen molar-refractivity contribution in [3.8, 4) is 5.75 Å². The second-order valence-corrected chi connectivity index (χ2v) is 6.10. The Labute approximate surface area is 139 Å². The number of benzene rings is 2. The highest BCUT2D eigenvalue weighted by Crippen LogP contribution is 2.34. The molecule has 1 heterocycles. The average molecular weight is 336 g/mol. The van der Waals surface area contributed by atoms with E-state index >= 15 is 0 Å². The fraction of sp³-hybridized carbons (Fsp3) is 0.235. The second kappa shape index (κ2) is 6.19. The molecule has 0 aliphatic carbocycles. The average Bonchev–Trinajstić information content (AvgIpc) is 2.82. The van der Waals surface area contributed by atoms with E-state index in [0.717, 1.165) is 12.1 Å². The van der Waals surface area contributed by atoms with Gasteiger partial charge in [0.25, 0.3) is 5.91 Å². The molecule has 114 valence electrons. The van der Waals surface area contributed by atoms with Crippen LogP contribution in [0.25, 0.3) is 0 Å². The van der Waals surface area contributed by atoms with Gasteiger partial charge in [-0.25, -0.2) is 0 Å². The zero-order valence-electron chi connectivity index (χ0n) is 12.1. The molecule has 3 nitrogen and oxygen atoms in total. The Morgan fingerprint density at radius 2 is 1.86 bits per heavy atom. The molecule has 2 aromatic carbocycles. The Morgan fingerprint density at radius 1 is 1.18 bits per heavy atom. The minimum atomic E-state index is -0.103. The number of fused-ring (bicyclic) bond motifs is 1. The summed E-state index contributed by atoms with van der Waals surface area (Å²) in [6.07, 6.45) is 0.856. The van der Waals surface area contributed by atoms with Crippen LogP contribution in [0.5, 0.6) is 5.75 Å². The molecule has 0 saturated heterocycles. The number of hydrogen-bond acceptors (Lipinski definition) is 2. The van der Waals surface area contributed by atoms with Crippen molar-refractivity contribution in [2.75, 3.05) is 11.5 Å². The monoisotopic (exact) mass is 335 g/mol. The lowest BCUT2D eigenvalue weighted by atomic mass is 10.1. The summed E-state index contributed by atoms with van der Waals surface area (Å²) in [5, 5.41) is 0.797. The summed E-state index contributed by atoms with van der Waals surface area (Å²) >= 11 is 12.1. The summed E-state index contributed by atoms with van der Waals surface area (Å²) in [6, 6.07) is 13.1. The molecule has 1 atom stereocenters. The van der Waals surface area contributed by atoms with Gasteiger partial charge in [-0.15, -0.1) is 0 Å². The number of anilines is 1. The molecule has 1 aliphatic rings. The molecule has 0 fully saturated rings. The Bertz CT molecular complexity index is 697. The first kappa shape index (κ1) is 15.2. The van der Waals surface area contributed by atoms with E-state index in [1.165, 1.54) is 5.56 Å². The van der Waals surface area contributed by atoms with E-state index < -0.39 is 0 Å². The van der Waals surface area contributed by atoms with Gasteiger partial charge >= 0.3 is 0 Å². The molecule has 2 aromatic rings. The molecule has 0 bridgehead atoms. The topological polar surface area (TPSA) is 29.5 Å². The van der Waals surface area contributed by atoms with Gasteiger partial charge in [0, 0.05) is 11.7 Å². The maximum absolute atomic E-state index is 12.5. The van der Waals surface area contributed by atoms with Crippen LogP contribution in [0.3, 0.4) is 0 Å². The van der Waals surface area contributed by atoms with Crippen LogP contribution in [0.2, 0.25) is 10.0 Å². The van der Waals surface area contributed by atoms with Crippen LogP contribution in [-0.4, -0.2) is 18.6 Å². The van der Waals surface area contributed by atoms with E-state index in [-0.39, 0.29) is 18.6 Å². The fourth-order valence-corrected chi connectivity index (χ4v) is 3.28. The SMILES string of the molecule is CC1Cc2ccccc2N1C(=O)COc1c(Cl)cccc1Cl. The van der Waals surface area contributed by atoms with Gasteiger partial charge in [-0.2, -0.15) is 0 Å². The molecule has 0 saturated carbocycles. The Kier molecular flexibility index (Phi) is 4.27. The number of amides is 1. The molecule has 0 spiro atoms. The zero-order valence-corrected chi connectivity index (χ0v) is 13.6. The van der Waals surface area contributed by atoms with Gasteiger partial charge in [0.2, 0.25) is 0 Å². The number of carbonyl (C=O) groups excluding carboxylic acids is 1. The van der Waals surface area contributed by atoms with E-state index in [0.29, 0.717) is 15.8 Å². The van der Waals surface area contributed by atoms with Gasteiger partial charge < -0.3 is 9.64 Å². The van der Waals surface area contributed by atoms with Crippen molar-refractivity contribution in [3.63, 3.8) is 0 Å². The van der Waals surface area contributed by atoms with Gasteiger partial charge in [0.1, 0.15) is 0 Å². The normalized spacial score (nSPS) is 16.5. The smallest absolute Gasteiger partial charge is 0.265 e. The molecule has 1 aliphatic heterocycles. The Morgan fingerprint density at radius 3 is 2.59 bits per heavy atom. The predicted octanol–water partition coefficient (Wildman–Crippen LogP) is 4.35. The van der Waals surface area contributed by atoms with Gasteiger partial charge in [0.05, 0.1) is 10.0 Å². The number of carbonyl (C=O) groups is 1. The molecule has 3 rings (SSSR count). The van der Waals surface area contributed by atoms with Crippen LogP contribution in [0, 0.1) is 0 Å². The summed E-state index contributed by atoms with van der Waals surface area (Å²) in [7, 11) is 0. The first-order valence-electron chi connectivity index (χ1n) is 7.04. The fourth-order valence-electron chi connectivity index (χ4n) is 2.77. The standard InChI is InChI=1S/C17H15Cl2NO2/c1-11-9-12-5-2-3-8-15(12)20(11)16(21)10-22-17-13(18)6-4-7-14(17)19/h2-8,11H,9-10H2,1H3. The Balaban J connectivity index is 1.76. The van der Waals surface area contributed by atoms with Crippen molar-refractivity contribution in [2.45, 2.75) is 19.4 Å². The molecular formula is C17H15Cl2NO2. The number of rotatable bonds is 3. The van der Waals surface area contributed by atoms with E-state index in [2.05, 4.69) is 0 Å². The highest BCUT2D eigenvalue weighted by atomic mass is 35.5. The highest BCUT2D eigenvalue weighted by molar-refractivity contribution is 6.37. The van der Waals surface area contributed by atoms with Gasteiger partial charge in [0.15, 0.2) is 12.4 Å². The third-order valence-corrected chi connectivity index (χ3v) is 4.33. The van der Waals surface area contributed by atoms with Crippen molar-refractivity contribution in [1.82, 2.24) is 0 Å². The lowest BCUT2D eigenvalue weighted by Crippen LogP contribution is -2.39. The van der Waals surface area contributed by atoms with E-state index in [9.17, 15) is 4.79 Å². The summed E-state index contributed by atoms with van der Waals surface area (Å²) < 4.78 is 5.55. The van der Waals surface area contributed by atoms with Gasteiger partial charge in [-0.3, -0.25) is 4.79 Å². The molecule has 22 heavy (non-hydrogen) atoms. The maximum atomic E-state index is 12.5. The molecule has 0 aromatic heterocycles. The van der Waals surface area contributed by atoms with Crippen molar-refractivity contribution in [3.05, 3.63) is 58.1 Å². The van der Waals surface area contributed by atoms with Gasteiger partial charge in [-0.1, -0.05) is 47.5 Å². The van der Waals surface area contributed by atoms with Crippen molar-refractivity contribution >= 4 is 34.8 Å². The second-order valence-electron chi connectivity index (χ2n) is 5.29. The van der Waals surface area contributed by atoms with E-state index in [1.54, 1.807) is 23.1 Å². The van der Waals surface area contributed by atoms with E-state index in [4.69, 9.17) is 27.9 Å². The van der Waals surface area contributed by atoms with Crippen molar-refractivity contribution in [1.29, 1.82) is 0 Å².